The number of aromatic nitrogens is 3. The highest BCUT2D eigenvalue weighted by Gasteiger charge is 2.44. The van der Waals surface area contributed by atoms with Gasteiger partial charge >= 0.3 is 12.2 Å². The molecule has 0 saturated heterocycles. The Bertz CT molecular complexity index is 2350. The molecule has 0 radical (unpaired) electrons. The molecule has 1 aliphatic rings. The summed E-state index contributed by atoms with van der Waals surface area (Å²) in [5.74, 6) is -6.27. The van der Waals surface area contributed by atoms with Gasteiger partial charge in [-0.1, -0.05) is 12.1 Å². The second kappa shape index (κ2) is 15.5. The number of alkyl halides is 5. The number of pyridine rings is 1. The molecule has 6 rings (SSSR count). The number of anilines is 3. The van der Waals surface area contributed by atoms with Crippen molar-refractivity contribution in [2.75, 3.05) is 56.0 Å². The van der Waals surface area contributed by atoms with Crippen molar-refractivity contribution >= 4 is 55.4 Å². The number of benzene rings is 2. The van der Waals surface area contributed by atoms with Gasteiger partial charge in [-0.3, -0.25) is 9.69 Å². The number of nitrogen functional groups attached to an aromatic ring is 1. The third kappa shape index (κ3) is 7.73. The third-order valence-corrected chi connectivity index (χ3v) is 9.93. The highest BCUT2D eigenvalue weighted by molar-refractivity contribution is 7.23. The maximum atomic E-state index is 17.4. The number of nitrogens with zero attached hydrogens (tertiary/aromatic N) is 6. The molecule has 3 N–H and O–H groups in total. The molecular formula is C36H33F7N8O4S. The molecule has 2 atom stereocenters. The third-order valence-electron chi connectivity index (χ3n) is 8.90. The topological polar surface area (TPSA) is 152 Å². The van der Waals surface area contributed by atoms with Crippen LogP contribution >= 0.6 is 11.3 Å². The van der Waals surface area contributed by atoms with E-state index in [9.17, 15) is 18.8 Å². The first-order valence-corrected chi connectivity index (χ1v) is 17.7. The van der Waals surface area contributed by atoms with Gasteiger partial charge in [0.25, 0.3) is 12.4 Å². The zero-order valence-corrected chi connectivity index (χ0v) is 30.9. The Labute approximate surface area is 318 Å². The van der Waals surface area contributed by atoms with Crippen LogP contribution in [0.1, 0.15) is 43.5 Å². The van der Waals surface area contributed by atoms with Gasteiger partial charge in [0.1, 0.15) is 58.1 Å². The van der Waals surface area contributed by atoms with E-state index in [-0.39, 0.29) is 58.6 Å². The quantitative estimate of drug-likeness (QED) is 0.0524. The standard InChI is InChI=1S/C36H33F7N8O4S/c1-17(13-50(4)14-35(3,39)40)55-34-48-28-25-29(54-11-10-51(33(25)49-34)18(2)19-6-5-9-46-32(19)47-15-53-16-52)26(36(41,42)43)24(27(28)38)20-7-8-22(37)30-23(20)21(12-44)31(45)56-30/h5-9,16-18H,10-11,13-15,45H2,1-4H3,(H,46,47). The number of thiophene rings is 1. The average Bonchev–Trinajstić information content (AvgIpc) is 3.34. The van der Waals surface area contributed by atoms with Crippen LogP contribution in [-0.2, 0) is 15.7 Å². The van der Waals surface area contributed by atoms with E-state index in [0.717, 1.165) is 19.1 Å². The van der Waals surface area contributed by atoms with Gasteiger partial charge in [-0.25, -0.2) is 22.5 Å². The molecule has 0 aliphatic carbocycles. The van der Waals surface area contributed by atoms with Gasteiger partial charge in [0, 0.05) is 36.2 Å². The van der Waals surface area contributed by atoms with Crippen molar-refractivity contribution in [2.24, 2.45) is 0 Å². The Morgan fingerprint density at radius 2 is 1.93 bits per heavy atom. The van der Waals surface area contributed by atoms with Crippen LogP contribution in [0, 0.1) is 23.0 Å². The fourth-order valence-electron chi connectivity index (χ4n) is 6.84. The summed E-state index contributed by atoms with van der Waals surface area (Å²) in [4.78, 5) is 26.7. The normalized spacial score (nSPS) is 14.3. The maximum absolute atomic E-state index is 17.4. The van der Waals surface area contributed by atoms with E-state index in [0.29, 0.717) is 16.9 Å². The molecule has 5 aromatic rings. The minimum atomic E-state index is -5.30. The van der Waals surface area contributed by atoms with E-state index >= 15 is 22.0 Å². The van der Waals surface area contributed by atoms with Crippen LogP contribution in [0.25, 0.3) is 32.1 Å². The number of nitrogens with two attached hydrogens (primary N) is 1. The number of hydrogen-bond donors (Lipinski definition) is 2. The van der Waals surface area contributed by atoms with E-state index < -0.39 is 88.4 Å². The summed E-state index contributed by atoms with van der Waals surface area (Å²) in [6, 6.07) is 5.54. The van der Waals surface area contributed by atoms with Gasteiger partial charge in [-0.15, -0.1) is 11.3 Å². The average molecular weight is 807 g/mol. The van der Waals surface area contributed by atoms with Crippen LogP contribution in [0.15, 0.2) is 30.5 Å². The summed E-state index contributed by atoms with van der Waals surface area (Å²) in [5.41, 5.74) is 2.29. The molecule has 2 unspecified atom stereocenters. The summed E-state index contributed by atoms with van der Waals surface area (Å²) in [6.45, 7) is 2.69. The van der Waals surface area contributed by atoms with Crippen LogP contribution in [0.4, 0.5) is 47.4 Å². The predicted molar refractivity (Wildman–Crippen MR) is 194 cm³/mol. The number of rotatable bonds is 13. The predicted octanol–water partition coefficient (Wildman–Crippen LogP) is 7.51. The lowest BCUT2D eigenvalue weighted by Crippen LogP contribution is -2.38. The summed E-state index contributed by atoms with van der Waals surface area (Å²) >= 11 is 0.621. The van der Waals surface area contributed by atoms with Crippen molar-refractivity contribution in [2.45, 2.75) is 45.0 Å². The Morgan fingerprint density at radius 1 is 1.18 bits per heavy atom. The number of halogens is 7. The first-order chi connectivity index (χ1) is 26.4. The Kier molecular flexibility index (Phi) is 11.0. The first kappa shape index (κ1) is 40.0. The SMILES string of the molecule is CC(CN(C)CC(C)(F)F)Oc1nc2c3c(c(C(F)(F)F)c(-c4ccc(F)c5sc(N)c(C#N)c45)c(F)c3n1)OCCN2C(C)c1cccnc1NCOC=O. The van der Waals surface area contributed by atoms with Crippen molar-refractivity contribution in [1.29, 1.82) is 5.26 Å². The molecule has 12 nitrogen and oxygen atoms in total. The van der Waals surface area contributed by atoms with Crippen LogP contribution < -0.4 is 25.4 Å². The summed E-state index contributed by atoms with van der Waals surface area (Å²) in [6.07, 6.45) is -4.74. The fourth-order valence-corrected chi connectivity index (χ4v) is 7.79. The Morgan fingerprint density at radius 3 is 2.61 bits per heavy atom. The molecule has 2 aromatic carbocycles. The van der Waals surface area contributed by atoms with Gasteiger partial charge < -0.3 is 30.2 Å². The van der Waals surface area contributed by atoms with Crippen LogP contribution in [-0.4, -0.2) is 78.4 Å². The largest absolute Gasteiger partial charge is 0.490 e. The molecule has 20 heteroatoms. The monoisotopic (exact) mass is 806 g/mol. The first-order valence-electron chi connectivity index (χ1n) is 16.9. The molecule has 296 valence electrons. The highest BCUT2D eigenvalue weighted by atomic mass is 32.1. The minimum Gasteiger partial charge on any atom is -0.490 e. The molecular weight excluding hydrogens is 774 g/mol. The number of nitriles is 1. The minimum absolute atomic E-state index is 0.0764. The number of fused-ring (bicyclic) bond motifs is 1. The van der Waals surface area contributed by atoms with E-state index in [4.69, 9.17) is 19.9 Å². The summed E-state index contributed by atoms with van der Waals surface area (Å²) < 4.78 is 123. The number of carbonyl (C=O) groups is 1. The van der Waals surface area contributed by atoms with E-state index in [1.54, 1.807) is 25.1 Å². The number of hydrogen-bond acceptors (Lipinski definition) is 13. The van der Waals surface area contributed by atoms with Gasteiger partial charge in [-0.2, -0.15) is 28.4 Å². The molecule has 4 heterocycles. The molecule has 3 aromatic heterocycles. The van der Waals surface area contributed by atoms with Crippen LogP contribution in [0.2, 0.25) is 0 Å². The van der Waals surface area contributed by atoms with Crippen molar-refractivity contribution in [3.05, 3.63) is 58.8 Å². The second-order valence-electron chi connectivity index (χ2n) is 13.1. The van der Waals surface area contributed by atoms with Crippen molar-refractivity contribution in [3.8, 4) is 29.0 Å². The van der Waals surface area contributed by atoms with Crippen LogP contribution in [0.5, 0.6) is 11.8 Å². The highest BCUT2D eigenvalue weighted by Crippen LogP contribution is 2.54. The lowest BCUT2D eigenvalue weighted by Gasteiger charge is -2.31. The molecule has 0 fully saturated rings. The summed E-state index contributed by atoms with van der Waals surface area (Å²) in [7, 11) is 1.43. The smallest absolute Gasteiger partial charge is 0.420 e. The molecule has 0 spiro atoms. The number of nitrogens with one attached hydrogen (secondary N) is 1. The summed E-state index contributed by atoms with van der Waals surface area (Å²) in [5, 5.41) is 11.8. The zero-order chi connectivity index (χ0) is 40.7. The lowest BCUT2D eigenvalue weighted by molar-refractivity contribution is -0.138. The van der Waals surface area contributed by atoms with Gasteiger partial charge in [-0.05, 0) is 38.6 Å². The molecule has 0 bridgehead atoms. The molecule has 1 aliphatic heterocycles. The molecule has 0 saturated carbocycles. The van der Waals surface area contributed by atoms with Crippen molar-refractivity contribution < 1.29 is 49.7 Å². The van der Waals surface area contributed by atoms with Gasteiger partial charge in [0.2, 0.25) is 0 Å². The molecule has 0 amide bonds. The van der Waals surface area contributed by atoms with Gasteiger partial charge in [0.15, 0.2) is 12.5 Å². The maximum Gasteiger partial charge on any atom is 0.420 e. The Balaban J connectivity index is 1.64. The lowest BCUT2D eigenvalue weighted by atomic mass is 9.91. The van der Waals surface area contributed by atoms with Crippen molar-refractivity contribution in [3.63, 3.8) is 0 Å². The Hall–Kier alpha value is -5.68. The van der Waals surface area contributed by atoms with E-state index in [1.165, 1.54) is 30.0 Å². The number of likely N-dealkylation sites (N-methyl/N-ethyl adjacent to an activating group) is 1. The van der Waals surface area contributed by atoms with Crippen LogP contribution in [0.3, 0.4) is 0 Å². The fraction of sp³-hybridized carbons (Fsp3) is 0.361. The number of ether oxygens (including phenoxy) is 3. The second-order valence-corrected chi connectivity index (χ2v) is 14.2. The van der Waals surface area contributed by atoms with Gasteiger partial charge in [0.05, 0.1) is 34.8 Å². The molecule has 56 heavy (non-hydrogen) atoms. The van der Waals surface area contributed by atoms with E-state index in [1.807, 2.05) is 0 Å². The van der Waals surface area contributed by atoms with Crippen molar-refractivity contribution in [1.82, 2.24) is 19.9 Å². The van der Waals surface area contributed by atoms with E-state index in [2.05, 4.69) is 20.3 Å². The number of carbonyl (C=O) groups excluding carboxylic acids is 1. The zero-order valence-electron chi connectivity index (χ0n) is 30.1.